The molecule has 102 valence electrons. The molecule has 1 rings (SSSR count). The first-order chi connectivity index (χ1) is 8.82. The molecular formula is C15H20N2O2. The topological polar surface area (TPSA) is 58.2 Å². The van der Waals surface area contributed by atoms with Crippen molar-refractivity contribution in [2.75, 3.05) is 10.6 Å². The summed E-state index contributed by atoms with van der Waals surface area (Å²) in [6, 6.07) is 7.07. The monoisotopic (exact) mass is 260 g/mol. The van der Waals surface area contributed by atoms with Crippen molar-refractivity contribution in [1.82, 2.24) is 0 Å². The van der Waals surface area contributed by atoms with Crippen LogP contribution in [0, 0.1) is 5.41 Å². The molecule has 0 saturated heterocycles. The van der Waals surface area contributed by atoms with Crippen LogP contribution < -0.4 is 10.6 Å². The summed E-state index contributed by atoms with van der Waals surface area (Å²) in [5.41, 5.74) is 0.859. The van der Waals surface area contributed by atoms with E-state index < -0.39 is 5.41 Å². The van der Waals surface area contributed by atoms with Gasteiger partial charge in [0.2, 0.25) is 11.8 Å². The molecule has 0 aliphatic heterocycles. The number of benzene rings is 1. The maximum absolute atomic E-state index is 11.9. The Balaban J connectivity index is 2.78. The van der Waals surface area contributed by atoms with E-state index in [4.69, 9.17) is 0 Å². The highest BCUT2D eigenvalue weighted by atomic mass is 16.2. The van der Waals surface area contributed by atoms with Crippen molar-refractivity contribution < 1.29 is 9.59 Å². The Morgan fingerprint density at radius 3 is 2.21 bits per heavy atom. The Bertz CT molecular complexity index is 499. The first kappa shape index (κ1) is 15.0. The Labute approximate surface area is 113 Å². The van der Waals surface area contributed by atoms with Gasteiger partial charge in [-0.2, -0.15) is 0 Å². The maximum Gasteiger partial charge on any atom is 0.248 e. The molecule has 2 N–H and O–H groups in total. The van der Waals surface area contributed by atoms with E-state index in [-0.39, 0.29) is 11.8 Å². The number of carbonyl (C=O) groups is 2. The zero-order chi connectivity index (χ0) is 14.5. The lowest BCUT2D eigenvalue weighted by molar-refractivity contribution is -0.123. The van der Waals surface area contributed by atoms with Gasteiger partial charge in [-0.15, -0.1) is 0 Å². The third kappa shape index (κ3) is 4.95. The third-order valence-corrected chi connectivity index (χ3v) is 2.39. The summed E-state index contributed by atoms with van der Waals surface area (Å²) in [5.74, 6) is -0.258. The average Bonchev–Trinajstić information content (AvgIpc) is 2.28. The fourth-order valence-electron chi connectivity index (χ4n) is 1.33. The molecule has 0 saturated carbocycles. The van der Waals surface area contributed by atoms with E-state index in [1.165, 1.54) is 6.08 Å². The molecule has 2 amide bonds. The summed E-state index contributed by atoms with van der Waals surface area (Å²) in [6.07, 6.45) is 3.11. The number of amides is 2. The highest BCUT2D eigenvalue weighted by Gasteiger charge is 2.21. The van der Waals surface area contributed by atoms with Crippen molar-refractivity contribution in [3.05, 3.63) is 36.4 Å². The highest BCUT2D eigenvalue weighted by molar-refractivity contribution is 6.00. The van der Waals surface area contributed by atoms with E-state index in [0.717, 1.165) is 0 Å². The van der Waals surface area contributed by atoms with Crippen molar-refractivity contribution in [3.8, 4) is 0 Å². The second kappa shape index (κ2) is 6.18. The van der Waals surface area contributed by atoms with Gasteiger partial charge in [0.05, 0.1) is 0 Å². The van der Waals surface area contributed by atoms with Crippen LogP contribution in [0.2, 0.25) is 0 Å². The van der Waals surface area contributed by atoms with Gasteiger partial charge in [-0.1, -0.05) is 32.9 Å². The minimum atomic E-state index is -0.454. The number of hydrogen-bond acceptors (Lipinski definition) is 2. The fraction of sp³-hybridized carbons (Fsp3) is 0.333. The average molecular weight is 260 g/mol. The molecule has 0 atom stereocenters. The number of nitrogens with one attached hydrogen (secondary N) is 2. The van der Waals surface area contributed by atoms with Gasteiger partial charge in [-0.3, -0.25) is 9.59 Å². The van der Waals surface area contributed by atoms with Crippen molar-refractivity contribution >= 4 is 23.2 Å². The van der Waals surface area contributed by atoms with Gasteiger partial charge in [0.15, 0.2) is 0 Å². The van der Waals surface area contributed by atoms with E-state index in [1.54, 1.807) is 37.3 Å². The maximum atomic E-state index is 11.9. The molecule has 4 heteroatoms. The predicted octanol–water partition coefficient (Wildman–Crippen LogP) is 3.19. The first-order valence-corrected chi connectivity index (χ1v) is 6.18. The summed E-state index contributed by atoms with van der Waals surface area (Å²) in [6.45, 7) is 7.32. The van der Waals surface area contributed by atoms with E-state index >= 15 is 0 Å². The quantitative estimate of drug-likeness (QED) is 0.820. The number of rotatable bonds is 3. The van der Waals surface area contributed by atoms with Gasteiger partial charge < -0.3 is 10.6 Å². The zero-order valence-electron chi connectivity index (χ0n) is 11.8. The van der Waals surface area contributed by atoms with Crippen LogP contribution >= 0.6 is 0 Å². The van der Waals surface area contributed by atoms with E-state index in [1.807, 2.05) is 20.8 Å². The molecular weight excluding hydrogens is 240 g/mol. The molecule has 0 fully saturated rings. The van der Waals surface area contributed by atoms with Crippen LogP contribution in [0.5, 0.6) is 0 Å². The van der Waals surface area contributed by atoms with Gasteiger partial charge in [-0.05, 0) is 31.2 Å². The minimum Gasteiger partial charge on any atom is -0.326 e. The molecule has 1 aromatic carbocycles. The van der Waals surface area contributed by atoms with Crippen molar-refractivity contribution in [1.29, 1.82) is 0 Å². The minimum absolute atomic E-state index is 0.0653. The fourth-order valence-corrected chi connectivity index (χ4v) is 1.33. The van der Waals surface area contributed by atoms with Gasteiger partial charge in [0.25, 0.3) is 0 Å². The summed E-state index contributed by atoms with van der Waals surface area (Å²) in [7, 11) is 0. The molecule has 0 heterocycles. The Hall–Kier alpha value is -2.10. The SMILES string of the molecule is CC=CC(=O)Nc1cccc(NC(=O)C(C)(C)C)c1. The van der Waals surface area contributed by atoms with Gasteiger partial charge in [0, 0.05) is 16.8 Å². The van der Waals surface area contributed by atoms with Crippen LogP contribution in [0.3, 0.4) is 0 Å². The molecule has 0 aliphatic carbocycles. The molecule has 0 spiro atoms. The van der Waals surface area contributed by atoms with Crippen molar-refractivity contribution in [3.63, 3.8) is 0 Å². The molecule has 0 radical (unpaired) electrons. The molecule has 0 aliphatic rings. The zero-order valence-corrected chi connectivity index (χ0v) is 11.8. The molecule has 4 nitrogen and oxygen atoms in total. The van der Waals surface area contributed by atoms with Crippen LogP contribution in [0.15, 0.2) is 36.4 Å². The lowest BCUT2D eigenvalue weighted by atomic mass is 9.95. The largest absolute Gasteiger partial charge is 0.326 e. The smallest absolute Gasteiger partial charge is 0.248 e. The van der Waals surface area contributed by atoms with Crippen LogP contribution in [0.1, 0.15) is 27.7 Å². The molecule has 19 heavy (non-hydrogen) atoms. The number of allylic oxidation sites excluding steroid dienone is 1. The van der Waals surface area contributed by atoms with Crippen LogP contribution in [0.4, 0.5) is 11.4 Å². The predicted molar refractivity (Wildman–Crippen MR) is 78.0 cm³/mol. The number of hydrogen-bond donors (Lipinski definition) is 2. The Kier molecular flexibility index (Phi) is 4.87. The van der Waals surface area contributed by atoms with E-state index in [9.17, 15) is 9.59 Å². The Morgan fingerprint density at radius 1 is 1.11 bits per heavy atom. The van der Waals surface area contributed by atoms with E-state index in [0.29, 0.717) is 11.4 Å². The molecule has 1 aromatic rings. The Morgan fingerprint density at radius 2 is 1.68 bits per heavy atom. The second-order valence-electron chi connectivity index (χ2n) is 5.27. The molecule has 0 aromatic heterocycles. The van der Waals surface area contributed by atoms with E-state index in [2.05, 4.69) is 10.6 Å². The summed E-state index contributed by atoms with van der Waals surface area (Å²) in [5, 5.41) is 5.54. The van der Waals surface area contributed by atoms with Gasteiger partial charge in [0.1, 0.15) is 0 Å². The van der Waals surface area contributed by atoms with Crippen molar-refractivity contribution in [2.45, 2.75) is 27.7 Å². The molecule has 0 unspecified atom stereocenters. The standard InChI is InChI=1S/C15H20N2O2/c1-5-7-13(18)16-11-8-6-9-12(10-11)17-14(19)15(2,3)4/h5-10H,1-4H3,(H,16,18)(H,17,19). The summed E-state index contributed by atoms with van der Waals surface area (Å²) < 4.78 is 0. The van der Waals surface area contributed by atoms with Gasteiger partial charge in [-0.25, -0.2) is 0 Å². The highest BCUT2D eigenvalue weighted by Crippen LogP contribution is 2.19. The van der Waals surface area contributed by atoms with Crippen LogP contribution in [-0.2, 0) is 9.59 Å². The lowest BCUT2D eigenvalue weighted by Crippen LogP contribution is -2.27. The summed E-state index contributed by atoms with van der Waals surface area (Å²) >= 11 is 0. The van der Waals surface area contributed by atoms with Gasteiger partial charge >= 0.3 is 0 Å². The normalized spacial score (nSPS) is 11.4. The molecule has 0 bridgehead atoms. The van der Waals surface area contributed by atoms with Crippen LogP contribution in [-0.4, -0.2) is 11.8 Å². The number of anilines is 2. The third-order valence-electron chi connectivity index (χ3n) is 2.39. The van der Waals surface area contributed by atoms with Crippen molar-refractivity contribution in [2.24, 2.45) is 5.41 Å². The van der Waals surface area contributed by atoms with Crippen LogP contribution in [0.25, 0.3) is 0 Å². The lowest BCUT2D eigenvalue weighted by Gasteiger charge is -2.18. The second-order valence-corrected chi connectivity index (χ2v) is 5.27. The first-order valence-electron chi connectivity index (χ1n) is 6.18. The number of carbonyl (C=O) groups excluding carboxylic acids is 2. The summed E-state index contributed by atoms with van der Waals surface area (Å²) in [4.78, 5) is 23.3.